The van der Waals surface area contributed by atoms with E-state index < -0.39 is 16.0 Å². The lowest BCUT2D eigenvalue weighted by Gasteiger charge is -2.25. The Morgan fingerprint density at radius 1 is 1.25 bits per heavy atom. The van der Waals surface area contributed by atoms with Crippen molar-refractivity contribution in [1.29, 1.82) is 0 Å². The topological polar surface area (TPSA) is 102 Å². The van der Waals surface area contributed by atoms with Gasteiger partial charge in [0, 0.05) is 0 Å². The Balaban J connectivity index is 2.15. The van der Waals surface area contributed by atoms with Gasteiger partial charge < -0.3 is 4.55 Å². The van der Waals surface area contributed by atoms with Gasteiger partial charge in [-0.15, -0.1) is 0 Å². The van der Waals surface area contributed by atoms with Crippen molar-refractivity contribution in [3.63, 3.8) is 0 Å². The zero-order valence-electron chi connectivity index (χ0n) is 8.94. The van der Waals surface area contributed by atoms with Crippen LogP contribution in [0.15, 0.2) is 0 Å². The first-order chi connectivity index (χ1) is 7.47. The minimum Gasteiger partial charge on any atom is -0.747 e. The van der Waals surface area contributed by atoms with Crippen molar-refractivity contribution < 1.29 is 17.8 Å². The number of hydrogen-bond donors (Lipinski definition) is 2. The Bertz CT molecular complexity index is 324. The van der Waals surface area contributed by atoms with Crippen molar-refractivity contribution in [2.75, 3.05) is 25.5 Å². The summed E-state index contributed by atoms with van der Waals surface area (Å²) in [5.74, 6) is -1.12. The van der Waals surface area contributed by atoms with Crippen LogP contribution in [-0.2, 0) is 14.9 Å². The second-order valence-electron chi connectivity index (χ2n) is 3.76. The summed E-state index contributed by atoms with van der Waals surface area (Å²) in [6.45, 7) is 1.99. The van der Waals surface area contributed by atoms with E-state index in [2.05, 4.69) is 10.9 Å². The molecule has 0 aromatic carbocycles. The molecule has 0 saturated carbocycles. The normalized spacial score (nSPS) is 18.3. The van der Waals surface area contributed by atoms with Gasteiger partial charge in [0.25, 0.3) is 0 Å². The fraction of sp³-hybridized carbons (Fsp3) is 0.875. The second-order valence-corrected chi connectivity index (χ2v) is 5.17. The van der Waals surface area contributed by atoms with Gasteiger partial charge in [-0.25, -0.2) is 13.8 Å². The molecule has 94 valence electrons. The highest BCUT2D eigenvalue weighted by molar-refractivity contribution is 7.85. The molecule has 1 saturated heterocycles. The predicted molar refractivity (Wildman–Crippen MR) is 56.1 cm³/mol. The van der Waals surface area contributed by atoms with E-state index in [4.69, 9.17) is 0 Å². The highest BCUT2D eigenvalue weighted by atomic mass is 32.2. The average Bonchev–Trinajstić information content (AvgIpc) is 2.17. The van der Waals surface area contributed by atoms with Crippen molar-refractivity contribution in [3.05, 3.63) is 0 Å². The maximum Gasteiger partial charge on any atom is 0.248 e. The highest BCUT2D eigenvalue weighted by Crippen LogP contribution is 2.07. The van der Waals surface area contributed by atoms with Crippen molar-refractivity contribution in [1.82, 2.24) is 15.8 Å². The highest BCUT2D eigenvalue weighted by Gasteiger charge is 2.13. The van der Waals surface area contributed by atoms with E-state index in [1.165, 1.54) is 6.42 Å². The molecule has 16 heavy (non-hydrogen) atoms. The van der Waals surface area contributed by atoms with Gasteiger partial charge in [-0.1, -0.05) is 6.42 Å². The summed E-state index contributed by atoms with van der Waals surface area (Å²) in [5, 5.41) is 0. The number of carbonyl (C=O) groups excluding carboxylic acids is 1. The predicted octanol–water partition coefficient (Wildman–Crippen LogP) is -1.40. The molecule has 0 bridgehead atoms. The van der Waals surface area contributed by atoms with E-state index >= 15 is 0 Å². The third-order valence-electron chi connectivity index (χ3n) is 2.29. The number of amides is 1. The average molecular weight is 250 g/mol. The molecule has 1 aliphatic heterocycles. The van der Waals surface area contributed by atoms with Gasteiger partial charge in [-0.3, -0.25) is 15.1 Å². The molecule has 0 aromatic heterocycles. The summed E-state index contributed by atoms with van der Waals surface area (Å²) in [5.41, 5.74) is 4.26. The van der Waals surface area contributed by atoms with Gasteiger partial charge in [-0.05, 0) is 25.9 Å². The van der Waals surface area contributed by atoms with Gasteiger partial charge in [0.15, 0.2) is 0 Å². The summed E-state index contributed by atoms with van der Waals surface area (Å²) in [4.78, 5) is 13.3. The van der Waals surface area contributed by atoms with Gasteiger partial charge in [0.1, 0.15) is 16.0 Å². The molecule has 0 aromatic rings. The molecule has 7 nitrogen and oxygen atoms in total. The van der Waals surface area contributed by atoms with Gasteiger partial charge in [0.2, 0.25) is 5.91 Å². The molecule has 1 aliphatic rings. The zero-order chi connectivity index (χ0) is 12.0. The van der Waals surface area contributed by atoms with Crippen LogP contribution in [0, 0.1) is 0 Å². The van der Waals surface area contributed by atoms with E-state index in [0.29, 0.717) is 0 Å². The quantitative estimate of drug-likeness (QED) is 0.459. The minimum absolute atomic E-state index is 0.228. The van der Waals surface area contributed by atoms with Crippen LogP contribution in [0.4, 0.5) is 0 Å². The van der Waals surface area contributed by atoms with Crippen LogP contribution in [0.1, 0.15) is 19.3 Å². The number of nitrogens with one attached hydrogen (secondary N) is 2. The van der Waals surface area contributed by atoms with Crippen LogP contribution in [-0.4, -0.2) is 49.3 Å². The minimum atomic E-state index is -4.34. The molecule has 0 unspecified atom stereocenters. The Labute approximate surface area is 94.9 Å². The van der Waals surface area contributed by atoms with Crippen LogP contribution in [0.5, 0.6) is 0 Å². The molecule has 2 N–H and O–H groups in total. The fourth-order valence-corrected chi connectivity index (χ4v) is 1.83. The molecular weight excluding hydrogens is 234 g/mol. The first kappa shape index (κ1) is 13.4. The van der Waals surface area contributed by atoms with E-state index in [1.54, 1.807) is 0 Å². The lowest BCUT2D eigenvalue weighted by Crippen LogP contribution is -2.46. The van der Waals surface area contributed by atoms with Crippen molar-refractivity contribution in [2.24, 2.45) is 0 Å². The lowest BCUT2D eigenvalue weighted by molar-refractivity contribution is -0.123. The fourth-order valence-electron chi connectivity index (χ4n) is 1.58. The number of piperidine rings is 1. The maximum atomic E-state index is 11.3. The molecule has 0 atom stereocenters. The standard InChI is InChI=1S/C8H17N3O4S/c12-8(10-9-7-16(13,14)15)6-11-4-2-1-3-5-11/h9H,1-7H2,(H,10,12)(H,13,14,15)/p-1. The molecular formula is C8H16N3O4S-. The van der Waals surface area contributed by atoms with Crippen LogP contribution in [0.2, 0.25) is 0 Å². The number of nitrogens with zero attached hydrogens (tertiary/aromatic N) is 1. The maximum absolute atomic E-state index is 11.3. The van der Waals surface area contributed by atoms with Gasteiger partial charge in [-0.2, -0.15) is 0 Å². The van der Waals surface area contributed by atoms with E-state index in [-0.39, 0.29) is 12.5 Å². The molecule has 1 rings (SSSR count). The third kappa shape index (κ3) is 6.01. The number of hydrazine groups is 1. The molecule has 0 spiro atoms. The number of likely N-dealkylation sites (tertiary alicyclic amines) is 1. The number of rotatable bonds is 5. The van der Waals surface area contributed by atoms with Gasteiger partial charge >= 0.3 is 0 Å². The molecule has 0 aliphatic carbocycles. The first-order valence-electron chi connectivity index (χ1n) is 5.15. The summed E-state index contributed by atoms with van der Waals surface area (Å²) in [6.07, 6.45) is 3.34. The number of hydrogen-bond acceptors (Lipinski definition) is 6. The van der Waals surface area contributed by atoms with Crippen LogP contribution in [0.25, 0.3) is 0 Å². The monoisotopic (exact) mass is 250 g/mol. The SMILES string of the molecule is O=C(CN1CCCCC1)NNCS(=O)(=O)[O-]. The van der Waals surface area contributed by atoms with E-state index in [1.807, 2.05) is 4.90 Å². The first-order valence-corrected chi connectivity index (χ1v) is 6.73. The van der Waals surface area contributed by atoms with Crippen LogP contribution >= 0.6 is 0 Å². The van der Waals surface area contributed by atoms with Crippen LogP contribution < -0.4 is 10.9 Å². The largest absolute Gasteiger partial charge is 0.747 e. The summed E-state index contributed by atoms with van der Waals surface area (Å²) in [6, 6.07) is 0. The summed E-state index contributed by atoms with van der Waals surface area (Å²) < 4.78 is 30.7. The Morgan fingerprint density at radius 3 is 2.44 bits per heavy atom. The van der Waals surface area contributed by atoms with Crippen LogP contribution in [0.3, 0.4) is 0 Å². The van der Waals surface area contributed by atoms with E-state index in [9.17, 15) is 17.8 Å². The number of carbonyl (C=O) groups is 1. The van der Waals surface area contributed by atoms with E-state index in [0.717, 1.165) is 25.9 Å². The Hall–Kier alpha value is -0.700. The van der Waals surface area contributed by atoms with Gasteiger partial charge in [0.05, 0.1) is 6.54 Å². The molecule has 0 radical (unpaired) electrons. The Kier molecular flexibility index (Phi) is 5.13. The van der Waals surface area contributed by atoms with Crippen molar-refractivity contribution in [3.8, 4) is 0 Å². The zero-order valence-corrected chi connectivity index (χ0v) is 9.75. The second kappa shape index (κ2) is 6.14. The summed E-state index contributed by atoms with van der Waals surface area (Å²) >= 11 is 0. The molecule has 1 fully saturated rings. The molecule has 1 heterocycles. The smallest absolute Gasteiger partial charge is 0.248 e. The molecule has 8 heteroatoms. The molecule has 1 amide bonds. The van der Waals surface area contributed by atoms with Crippen molar-refractivity contribution >= 4 is 16.0 Å². The Morgan fingerprint density at radius 2 is 1.88 bits per heavy atom. The van der Waals surface area contributed by atoms with Crippen molar-refractivity contribution in [2.45, 2.75) is 19.3 Å². The third-order valence-corrected chi connectivity index (χ3v) is 2.79. The lowest BCUT2D eigenvalue weighted by atomic mass is 10.1. The summed E-state index contributed by atoms with van der Waals surface area (Å²) in [7, 11) is -4.34.